The van der Waals surface area contributed by atoms with Crippen LogP contribution in [0, 0.1) is 6.92 Å². The van der Waals surface area contributed by atoms with Gasteiger partial charge in [0.1, 0.15) is 5.75 Å². The molecule has 0 aliphatic carbocycles. The molecule has 0 unspecified atom stereocenters. The van der Waals surface area contributed by atoms with Crippen LogP contribution in [0.15, 0.2) is 22.7 Å². The second-order valence-corrected chi connectivity index (χ2v) is 5.01. The number of benzene rings is 1. The fourth-order valence-electron chi connectivity index (χ4n) is 1.54. The van der Waals surface area contributed by atoms with E-state index < -0.39 is 0 Å². The number of nitrogens with two attached hydrogens (primary N) is 1. The van der Waals surface area contributed by atoms with Crippen LogP contribution in [0.3, 0.4) is 0 Å². The van der Waals surface area contributed by atoms with Crippen molar-refractivity contribution in [2.24, 2.45) is 5.84 Å². The third kappa shape index (κ3) is 5.51. The quantitative estimate of drug-likeness (QED) is 0.352. The minimum atomic E-state index is -0.114. The van der Waals surface area contributed by atoms with Crippen molar-refractivity contribution in [2.75, 3.05) is 6.61 Å². The lowest BCUT2D eigenvalue weighted by Crippen LogP contribution is -2.29. The Morgan fingerprint density at radius 3 is 2.83 bits per heavy atom. The van der Waals surface area contributed by atoms with Gasteiger partial charge in [0.05, 0.1) is 11.1 Å². The third-order valence-electron chi connectivity index (χ3n) is 2.55. The van der Waals surface area contributed by atoms with Gasteiger partial charge in [0.15, 0.2) is 0 Å². The molecule has 4 nitrogen and oxygen atoms in total. The van der Waals surface area contributed by atoms with E-state index in [9.17, 15) is 4.79 Å². The van der Waals surface area contributed by atoms with E-state index in [0.29, 0.717) is 13.0 Å². The highest BCUT2D eigenvalue weighted by Gasteiger charge is 2.01. The molecule has 0 aliphatic heterocycles. The molecule has 0 fully saturated rings. The maximum atomic E-state index is 10.9. The van der Waals surface area contributed by atoms with Gasteiger partial charge in [0.25, 0.3) is 0 Å². The number of carbonyl (C=O) groups is 1. The summed E-state index contributed by atoms with van der Waals surface area (Å²) in [6, 6.07) is 6.01. The number of hydrazine groups is 1. The first kappa shape index (κ1) is 15.0. The number of ether oxygens (including phenoxy) is 1. The van der Waals surface area contributed by atoms with Gasteiger partial charge >= 0.3 is 0 Å². The molecule has 0 aliphatic rings. The van der Waals surface area contributed by atoms with E-state index in [1.165, 1.54) is 5.56 Å². The van der Waals surface area contributed by atoms with Crippen molar-refractivity contribution in [1.82, 2.24) is 5.43 Å². The summed E-state index contributed by atoms with van der Waals surface area (Å²) in [5, 5.41) is 0. The summed E-state index contributed by atoms with van der Waals surface area (Å²) in [4.78, 5) is 10.9. The van der Waals surface area contributed by atoms with Crippen LogP contribution < -0.4 is 16.0 Å². The maximum Gasteiger partial charge on any atom is 0.233 e. The summed E-state index contributed by atoms with van der Waals surface area (Å²) in [5.74, 6) is 5.74. The molecule has 100 valence electrons. The molecule has 0 bridgehead atoms. The Bertz CT molecular complexity index is 397. The summed E-state index contributed by atoms with van der Waals surface area (Å²) in [6.45, 7) is 2.70. The molecule has 1 aromatic rings. The number of aryl methyl sites for hydroxylation is 1. The van der Waals surface area contributed by atoms with Gasteiger partial charge < -0.3 is 4.74 Å². The smallest absolute Gasteiger partial charge is 0.233 e. The first-order valence-corrected chi connectivity index (χ1v) is 6.81. The predicted molar refractivity (Wildman–Crippen MR) is 75.2 cm³/mol. The average Bonchev–Trinajstić information content (AvgIpc) is 2.35. The highest BCUT2D eigenvalue weighted by Crippen LogP contribution is 2.25. The zero-order chi connectivity index (χ0) is 13.4. The SMILES string of the molecule is Cc1ccc(OCCCCCC(=O)NN)c(Br)c1. The number of nitrogens with one attached hydrogen (secondary N) is 1. The molecular weight excluding hydrogens is 296 g/mol. The molecule has 3 N–H and O–H groups in total. The van der Waals surface area contributed by atoms with Gasteiger partial charge in [-0.05, 0) is 59.8 Å². The van der Waals surface area contributed by atoms with E-state index in [-0.39, 0.29) is 5.91 Å². The molecule has 0 spiro atoms. The molecule has 0 heterocycles. The van der Waals surface area contributed by atoms with E-state index in [1.807, 2.05) is 25.1 Å². The second kappa shape index (κ2) is 8.11. The Morgan fingerprint density at radius 1 is 1.39 bits per heavy atom. The number of hydrogen-bond donors (Lipinski definition) is 2. The number of rotatable bonds is 7. The van der Waals surface area contributed by atoms with Crippen LogP contribution in [0.1, 0.15) is 31.2 Å². The molecule has 0 aromatic heterocycles. The highest BCUT2D eigenvalue weighted by atomic mass is 79.9. The fraction of sp³-hybridized carbons (Fsp3) is 0.462. The molecule has 0 saturated heterocycles. The van der Waals surface area contributed by atoms with Crippen LogP contribution >= 0.6 is 15.9 Å². The number of hydrogen-bond acceptors (Lipinski definition) is 3. The van der Waals surface area contributed by atoms with Crippen LogP contribution in [-0.4, -0.2) is 12.5 Å². The Labute approximate surface area is 116 Å². The Hall–Kier alpha value is -1.07. The minimum absolute atomic E-state index is 0.114. The molecule has 0 saturated carbocycles. The van der Waals surface area contributed by atoms with E-state index >= 15 is 0 Å². The van der Waals surface area contributed by atoms with Gasteiger partial charge in [0.2, 0.25) is 5.91 Å². The third-order valence-corrected chi connectivity index (χ3v) is 3.17. The van der Waals surface area contributed by atoms with Crippen molar-refractivity contribution in [1.29, 1.82) is 0 Å². The van der Waals surface area contributed by atoms with Crippen molar-refractivity contribution < 1.29 is 9.53 Å². The molecule has 0 radical (unpaired) electrons. The first-order valence-electron chi connectivity index (χ1n) is 6.02. The highest BCUT2D eigenvalue weighted by molar-refractivity contribution is 9.10. The lowest BCUT2D eigenvalue weighted by atomic mass is 10.2. The van der Waals surface area contributed by atoms with Gasteiger partial charge in [-0.3, -0.25) is 10.2 Å². The Morgan fingerprint density at radius 2 is 2.17 bits per heavy atom. The van der Waals surface area contributed by atoms with Crippen LogP contribution in [0.2, 0.25) is 0 Å². The lowest BCUT2D eigenvalue weighted by Gasteiger charge is -2.08. The molecule has 1 amide bonds. The largest absolute Gasteiger partial charge is 0.492 e. The van der Waals surface area contributed by atoms with Gasteiger partial charge in [-0.2, -0.15) is 0 Å². The van der Waals surface area contributed by atoms with Crippen LogP contribution in [0.5, 0.6) is 5.75 Å². The van der Waals surface area contributed by atoms with Crippen molar-refractivity contribution >= 4 is 21.8 Å². The van der Waals surface area contributed by atoms with Crippen molar-refractivity contribution in [3.8, 4) is 5.75 Å². The standard InChI is InChI=1S/C13H19BrN2O2/c1-10-6-7-12(11(14)9-10)18-8-4-2-3-5-13(17)16-15/h6-7,9H,2-5,8,15H2,1H3,(H,16,17). The zero-order valence-electron chi connectivity index (χ0n) is 10.5. The molecule has 0 atom stereocenters. The molecule has 1 rings (SSSR count). The molecule has 5 heteroatoms. The molecule has 1 aromatic carbocycles. The monoisotopic (exact) mass is 314 g/mol. The summed E-state index contributed by atoms with van der Waals surface area (Å²) < 4.78 is 6.63. The number of amides is 1. The van der Waals surface area contributed by atoms with E-state index in [0.717, 1.165) is 29.5 Å². The second-order valence-electron chi connectivity index (χ2n) is 4.16. The normalized spacial score (nSPS) is 10.2. The summed E-state index contributed by atoms with van der Waals surface area (Å²) in [6.07, 6.45) is 3.20. The summed E-state index contributed by atoms with van der Waals surface area (Å²) in [5.41, 5.74) is 3.31. The van der Waals surface area contributed by atoms with Crippen LogP contribution in [-0.2, 0) is 4.79 Å². The van der Waals surface area contributed by atoms with Crippen molar-refractivity contribution in [3.63, 3.8) is 0 Å². The van der Waals surface area contributed by atoms with E-state index in [1.54, 1.807) is 0 Å². The number of unbranched alkanes of at least 4 members (excludes halogenated alkanes) is 2. The predicted octanol–water partition coefficient (Wildman–Crippen LogP) is 2.69. The van der Waals surface area contributed by atoms with Crippen LogP contribution in [0.4, 0.5) is 0 Å². The minimum Gasteiger partial charge on any atom is -0.492 e. The fourth-order valence-corrected chi connectivity index (χ4v) is 2.15. The average molecular weight is 315 g/mol. The van der Waals surface area contributed by atoms with Gasteiger partial charge in [0, 0.05) is 6.42 Å². The van der Waals surface area contributed by atoms with Crippen molar-refractivity contribution in [3.05, 3.63) is 28.2 Å². The number of halogens is 1. The van der Waals surface area contributed by atoms with Crippen molar-refractivity contribution in [2.45, 2.75) is 32.6 Å². The van der Waals surface area contributed by atoms with Crippen LogP contribution in [0.25, 0.3) is 0 Å². The number of carbonyl (C=O) groups excluding carboxylic acids is 1. The topological polar surface area (TPSA) is 64.3 Å². The van der Waals surface area contributed by atoms with E-state index in [4.69, 9.17) is 10.6 Å². The first-order chi connectivity index (χ1) is 8.63. The van der Waals surface area contributed by atoms with Gasteiger partial charge in [-0.1, -0.05) is 6.07 Å². The Balaban J connectivity index is 2.16. The van der Waals surface area contributed by atoms with E-state index in [2.05, 4.69) is 21.4 Å². The molecular formula is C13H19BrN2O2. The lowest BCUT2D eigenvalue weighted by molar-refractivity contribution is -0.121. The zero-order valence-corrected chi connectivity index (χ0v) is 12.1. The van der Waals surface area contributed by atoms with Gasteiger partial charge in [-0.25, -0.2) is 5.84 Å². The Kier molecular flexibility index (Phi) is 6.75. The molecule has 18 heavy (non-hydrogen) atoms. The summed E-state index contributed by atoms with van der Waals surface area (Å²) >= 11 is 3.47. The summed E-state index contributed by atoms with van der Waals surface area (Å²) in [7, 11) is 0. The maximum absolute atomic E-state index is 10.9. The van der Waals surface area contributed by atoms with Gasteiger partial charge in [-0.15, -0.1) is 0 Å².